The average Bonchev–Trinajstić information content (AvgIpc) is 2.40. The van der Waals surface area contributed by atoms with Gasteiger partial charge in [-0.1, -0.05) is 13.8 Å². The van der Waals surface area contributed by atoms with Crippen molar-refractivity contribution < 1.29 is 0 Å². The van der Waals surface area contributed by atoms with Gasteiger partial charge in [0.15, 0.2) is 0 Å². The summed E-state index contributed by atoms with van der Waals surface area (Å²) in [7, 11) is 0. The molecule has 0 aromatic carbocycles. The molecule has 1 aromatic heterocycles. The van der Waals surface area contributed by atoms with Crippen molar-refractivity contribution in [3.05, 3.63) is 18.0 Å². The van der Waals surface area contributed by atoms with Crippen LogP contribution in [0.25, 0.3) is 0 Å². The van der Waals surface area contributed by atoms with Crippen LogP contribution in [0, 0.1) is 5.92 Å². The number of nitrogens with zero attached hydrogens (tertiary/aromatic N) is 3. The van der Waals surface area contributed by atoms with E-state index in [1.165, 1.54) is 31.5 Å². The lowest BCUT2D eigenvalue weighted by Crippen LogP contribution is -2.37. The molecule has 1 aliphatic rings. The average molecular weight is 248 g/mol. The lowest BCUT2D eigenvalue weighted by molar-refractivity contribution is 0.190. The molecule has 0 spiro atoms. The Morgan fingerprint density at radius 3 is 2.83 bits per heavy atom. The molecule has 4 nitrogen and oxygen atoms in total. The Labute approximate surface area is 110 Å². The van der Waals surface area contributed by atoms with Gasteiger partial charge < -0.3 is 10.2 Å². The fourth-order valence-electron chi connectivity index (χ4n) is 2.44. The Hall–Kier alpha value is -1.16. The van der Waals surface area contributed by atoms with Crippen LogP contribution < -0.4 is 5.32 Å². The van der Waals surface area contributed by atoms with Gasteiger partial charge in [-0.15, -0.1) is 0 Å². The predicted octanol–water partition coefficient (Wildman–Crippen LogP) is 2.18. The summed E-state index contributed by atoms with van der Waals surface area (Å²) in [5.74, 6) is 1.59. The number of piperidine rings is 1. The second-order valence-electron chi connectivity index (χ2n) is 5.24. The van der Waals surface area contributed by atoms with E-state index < -0.39 is 0 Å². The van der Waals surface area contributed by atoms with Crippen molar-refractivity contribution in [1.82, 2.24) is 14.9 Å². The van der Waals surface area contributed by atoms with Crippen molar-refractivity contribution in [3.8, 4) is 0 Å². The molecule has 1 fully saturated rings. The van der Waals surface area contributed by atoms with Gasteiger partial charge in [-0.25, -0.2) is 9.97 Å². The van der Waals surface area contributed by atoms with E-state index in [1.54, 1.807) is 0 Å². The summed E-state index contributed by atoms with van der Waals surface area (Å²) in [6.45, 7) is 8.94. The van der Waals surface area contributed by atoms with Gasteiger partial charge >= 0.3 is 0 Å². The highest BCUT2D eigenvalue weighted by atomic mass is 15.2. The van der Waals surface area contributed by atoms with Crippen LogP contribution in [0.5, 0.6) is 0 Å². The van der Waals surface area contributed by atoms with Crippen molar-refractivity contribution in [2.75, 3.05) is 31.5 Å². The summed E-state index contributed by atoms with van der Waals surface area (Å²) in [6.07, 6.45) is 7.51. The van der Waals surface area contributed by atoms with E-state index in [4.69, 9.17) is 0 Å². The molecule has 1 aromatic rings. The Kier molecular flexibility index (Phi) is 4.93. The molecular formula is C14H24N4. The molecule has 0 saturated carbocycles. The SMILES string of the molecule is CCc1cnc(NCCN2CCC[C@H](C)C2)nc1. The summed E-state index contributed by atoms with van der Waals surface area (Å²) in [5, 5.41) is 3.29. The van der Waals surface area contributed by atoms with Crippen molar-refractivity contribution >= 4 is 5.95 Å². The van der Waals surface area contributed by atoms with E-state index >= 15 is 0 Å². The molecule has 4 heteroatoms. The van der Waals surface area contributed by atoms with E-state index in [9.17, 15) is 0 Å². The topological polar surface area (TPSA) is 41.1 Å². The summed E-state index contributed by atoms with van der Waals surface area (Å²) in [6, 6.07) is 0. The zero-order valence-corrected chi connectivity index (χ0v) is 11.5. The molecule has 2 heterocycles. The minimum Gasteiger partial charge on any atom is -0.353 e. The first-order chi connectivity index (χ1) is 8.78. The normalized spacial score (nSPS) is 20.9. The summed E-state index contributed by atoms with van der Waals surface area (Å²) >= 11 is 0. The fourth-order valence-corrected chi connectivity index (χ4v) is 2.44. The zero-order chi connectivity index (χ0) is 12.8. The number of rotatable bonds is 5. The Morgan fingerprint density at radius 1 is 1.39 bits per heavy atom. The third-order valence-electron chi connectivity index (χ3n) is 3.57. The molecule has 0 unspecified atom stereocenters. The maximum absolute atomic E-state index is 4.31. The van der Waals surface area contributed by atoms with Crippen LogP contribution in [0.4, 0.5) is 5.95 Å². The van der Waals surface area contributed by atoms with Crippen molar-refractivity contribution in [2.45, 2.75) is 33.1 Å². The van der Waals surface area contributed by atoms with Crippen LogP contribution in [0.15, 0.2) is 12.4 Å². The monoisotopic (exact) mass is 248 g/mol. The number of aryl methyl sites for hydroxylation is 1. The van der Waals surface area contributed by atoms with Crippen LogP contribution in [-0.2, 0) is 6.42 Å². The third-order valence-corrected chi connectivity index (χ3v) is 3.57. The number of anilines is 1. The lowest BCUT2D eigenvalue weighted by Gasteiger charge is -2.30. The minimum atomic E-state index is 0.747. The Morgan fingerprint density at radius 2 is 2.17 bits per heavy atom. The first-order valence-corrected chi connectivity index (χ1v) is 7.05. The summed E-state index contributed by atoms with van der Waals surface area (Å²) < 4.78 is 0. The second kappa shape index (κ2) is 6.69. The molecule has 0 amide bonds. The summed E-state index contributed by atoms with van der Waals surface area (Å²) in [5.41, 5.74) is 1.19. The van der Waals surface area contributed by atoms with Gasteiger partial charge in [-0.2, -0.15) is 0 Å². The molecule has 100 valence electrons. The smallest absolute Gasteiger partial charge is 0.222 e. The highest BCUT2D eigenvalue weighted by molar-refractivity contribution is 5.24. The van der Waals surface area contributed by atoms with Gasteiger partial charge in [0.05, 0.1) is 0 Å². The van der Waals surface area contributed by atoms with E-state index in [2.05, 4.69) is 34.0 Å². The standard InChI is InChI=1S/C14H24N4/c1-3-13-9-16-14(17-10-13)15-6-8-18-7-4-5-12(2)11-18/h9-10,12H,3-8,11H2,1-2H3,(H,15,16,17)/t12-/m0/s1. The van der Waals surface area contributed by atoms with Gasteiger partial charge in [0.1, 0.15) is 0 Å². The number of nitrogens with one attached hydrogen (secondary N) is 1. The molecule has 1 atom stereocenters. The third kappa shape index (κ3) is 3.95. The van der Waals surface area contributed by atoms with Crippen molar-refractivity contribution in [3.63, 3.8) is 0 Å². The molecule has 1 N–H and O–H groups in total. The van der Waals surface area contributed by atoms with Gasteiger partial charge in [-0.3, -0.25) is 0 Å². The number of hydrogen-bond acceptors (Lipinski definition) is 4. The maximum atomic E-state index is 4.31. The van der Waals surface area contributed by atoms with Crippen LogP contribution in [0.1, 0.15) is 32.3 Å². The quantitative estimate of drug-likeness (QED) is 0.867. The number of aromatic nitrogens is 2. The van der Waals surface area contributed by atoms with Crippen LogP contribution in [0.3, 0.4) is 0 Å². The van der Waals surface area contributed by atoms with Gasteiger partial charge in [0.25, 0.3) is 0 Å². The fraction of sp³-hybridized carbons (Fsp3) is 0.714. The van der Waals surface area contributed by atoms with E-state index in [1.807, 2.05) is 12.4 Å². The van der Waals surface area contributed by atoms with Crippen LogP contribution in [0.2, 0.25) is 0 Å². The number of hydrogen-bond donors (Lipinski definition) is 1. The second-order valence-corrected chi connectivity index (χ2v) is 5.24. The predicted molar refractivity (Wildman–Crippen MR) is 74.7 cm³/mol. The molecule has 1 aliphatic heterocycles. The molecule has 2 rings (SSSR count). The molecule has 18 heavy (non-hydrogen) atoms. The van der Waals surface area contributed by atoms with Gasteiger partial charge in [0, 0.05) is 32.0 Å². The highest BCUT2D eigenvalue weighted by Gasteiger charge is 2.15. The molecule has 0 radical (unpaired) electrons. The van der Waals surface area contributed by atoms with E-state index in [0.717, 1.165) is 31.4 Å². The minimum absolute atomic E-state index is 0.747. The van der Waals surface area contributed by atoms with Gasteiger partial charge in [0.2, 0.25) is 5.95 Å². The first kappa shape index (κ1) is 13.3. The molecule has 1 saturated heterocycles. The Balaban J connectivity index is 1.70. The maximum Gasteiger partial charge on any atom is 0.222 e. The first-order valence-electron chi connectivity index (χ1n) is 7.05. The molecule has 0 bridgehead atoms. The molecule has 0 aliphatic carbocycles. The number of likely N-dealkylation sites (tertiary alicyclic amines) is 1. The van der Waals surface area contributed by atoms with Crippen LogP contribution >= 0.6 is 0 Å². The largest absolute Gasteiger partial charge is 0.353 e. The van der Waals surface area contributed by atoms with E-state index in [0.29, 0.717) is 0 Å². The zero-order valence-electron chi connectivity index (χ0n) is 11.5. The van der Waals surface area contributed by atoms with Crippen LogP contribution in [-0.4, -0.2) is 41.0 Å². The van der Waals surface area contributed by atoms with Gasteiger partial charge in [-0.05, 0) is 37.3 Å². The van der Waals surface area contributed by atoms with Crippen molar-refractivity contribution in [2.24, 2.45) is 5.92 Å². The summed E-state index contributed by atoms with van der Waals surface area (Å²) in [4.78, 5) is 11.1. The lowest BCUT2D eigenvalue weighted by atomic mass is 10.0. The van der Waals surface area contributed by atoms with E-state index in [-0.39, 0.29) is 0 Å². The molecular weight excluding hydrogens is 224 g/mol. The Bertz CT molecular complexity index is 349. The van der Waals surface area contributed by atoms with Crippen molar-refractivity contribution in [1.29, 1.82) is 0 Å². The highest BCUT2D eigenvalue weighted by Crippen LogP contribution is 2.14.